The minimum absolute atomic E-state index is 0.126. The van der Waals surface area contributed by atoms with E-state index in [9.17, 15) is 4.79 Å². The molecular formula is C16H23N3O3. The highest BCUT2D eigenvalue weighted by Gasteiger charge is 2.14. The molecule has 1 aliphatic rings. The van der Waals surface area contributed by atoms with E-state index in [4.69, 9.17) is 9.47 Å². The molecule has 1 saturated heterocycles. The van der Waals surface area contributed by atoms with Crippen LogP contribution in [0.15, 0.2) is 24.3 Å². The lowest BCUT2D eigenvalue weighted by Crippen LogP contribution is -2.52. The molecular weight excluding hydrogens is 282 g/mol. The van der Waals surface area contributed by atoms with E-state index >= 15 is 0 Å². The predicted octanol–water partition coefficient (Wildman–Crippen LogP) is 0.996. The fourth-order valence-electron chi connectivity index (χ4n) is 2.24. The third-order valence-electron chi connectivity index (χ3n) is 3.61. The van der Waals surface area contributed by atoms with Gasteiger partial charge in [-0.15, -0.1) is 0 Å². The summed E-state index contributed by atoms with van der Waals surface area (Å²) in [6, 6.07) is 5.52. The first-order chi connectivity index (χ1) is 10.6. The van der Waals surface area contributed by atoms with Crippen LogP contribution in [-0.2, 0) is 4.79 Å². The molecule has 0 unspecified atom stereocenters. The highest BCUT2D eigenvalue weighted by molar-refractivity contribution is 5.91. The van der Waals surface area contributed by atoms with Crippen molar-refractivity contribution in [3.63, 3.8) is 0 Å². The molecule has 1 amide bonds. The van der Waals surface area contributed by atoms with Crippen LogP contribution in [0.3, 0.4) is 0 Å². The van der Waals surface area contributed by atoms with Gasteiger partial charge >= 0.3 is 0 Å². The first-order valence-corrected chi connectivity index (χ1v) is 7.26. The van der Waals surface area contributed by atoms with Crippen molar-refractivity contribution in [1.82, 2.24) is 15.3 Å². The molecule has 6 nitrogen and oxygen atoms in total. The molecule has 1 fully saturated rings. The number of nitrogens with zero attached hydrogens (tertiary/aromatic N) is 2. The Morgan fingerprint density at radius 2 is 1.82 bits per heavy atom. The van der Waals surface area contributed by atoms with Crippen molar-refractivity contribution in [3.05, 3.63) is 29.8 Å². The maximum atomic E-state index is 11.9. The molecule has 0 radical (unpaired) electrons. The normalized spacial score (nSPS) is 16.7. The van der Waals surface area contributed by atoms with Crippen LogP contribution in [0.4, 0.5) is 0 Å². The van der Waals surface area contributed by atoms with Gasteiger partial charge in [0.2, 0.25) is 0 Å². The van der Waals surface area contributed by atoms with Gasteiger partial charge < -0.3 is 14.4 Å². The zero-order valence-corrected chi connectivity index (χ0v) is 13.3. The Labute approximate surface area is 131 Å². The summed E-state index contributed by atoms with van der Waals surface area (Å²) < 4.78 is 10.4. The number of benzene rings is 1. The van der Waals surface area contributed by atoms with Crippen molar-refractivity contribution in [2.45, 2.75) is 0 Å². The first kappa shape index (κ1) is 16.3. The molecule has 6 heteroatoms. The number of hydrogen-bond acceptors (Lipinski definition) is 5. The average Bonchev–Trinajstić information content (AvgIpc) is 2.54. The van der Waals surface area contributed by atoms with Crippen LogP contribution < -0.4 is 14.9 Å². The van der Waals surface area contributed by atoms with Gasteiger partial charge in [0, 0.05) is 32.3 Å². The van der Waals surface area contributed by atoms with E-state index in [0.29, 0.717) is 11.5 Å². The number of hydrogen-bond donors (Lipinski definition) is 1. The summed E-state index contributed by atoms with van der Waals surface area (Å²) >= 11 is 0. The molecule has 0 aliphatic carbocycles. The second-order valence-electron chi connectivity index (χ2n) is 5.21. The monoisotopic (exact) mass is 305 g/mol. The third-order valence-corrected chi connectivity index (χ3v) is 3.61. The molecule has 1 heterocycles. The molecule has 0 saturated carbocycles. The van der Waals surface area contributed by atoms with E-state index in [0.717, 1.165) is 31.7 Å². The maximum absolute atomic E-state index is 11.9. The number of amides is 1. The van der Waals surface area contributed by atoms with Gasteiger partial charge in [-0.1, -0.05) is 6.07 Å². The largest absolute Gasteiger partial charge is 0.493 e. The number of methoxy groups -OCH3 is 2. The standard InChI is InChI=1S/C16H23N3O3/c1-18-8-10-19(11-9-18)17-16(20)7-5-13-4-6-14(21-2)15(12-13)22-3/h4-7,12H,8-11H2,1-3H3,(H,17,20)/b7-5+. The summed E-state index contributed by atoms with van der Waals surface area (Å²) in [4.78, 5) is 14.2. The van der Waals surface area contributed by atoms with E-state index < -0.39 is 0 Å². The Morgan fingerprint density at radius 3 is 2.45 bits per heavy atom. The van der Waals surface area contributed by atoms with Crippen molar-refractivity contribution < 1.29 is 14.3 Å². The second-order valence-corrected chi connectivity index (χ2v) is 5.21. The number of ether oxygens (including phenoxy) is 2. The van der Waals surface area contributed by atoms with Gasteiger partial charge in [-0.25, -0.2) is 5.01 Å². The lowest BCUT2D eigenvalue weighted by Gasteiger charge is -2.31. The smallest absolute Gasteiger partial charge is 0.258 e. The summed E-state index contributed by atoms with van der Waals surface area (Å²) in [5.74, 6) is 1.19. The number of carbonyl (C=O) groups excluding carboxylic acids is 1. The van der Waals surface area contributed by atoms with Gasteiger partial charge in [0.05, 0.1) is 14.2 Å². The first-order valence-electron chi connectivity index (χ1n) is 7.26. The van der Waals surface area contributed by atoms with Crippen molar-refractivity contribution in [2.75, 3.05) is 47.4 Å². The van der Waals surface area contributed by atoms with E-state index in [-0.39, 0.29) is 5.91 Å². The average molecular weight is 305 g/mol. The fourth-order valence-corrected chi connectivity index (χ4v) is 2.24. The van der Waals surface area contributed by atoms with Crippen LogP contribution in [0.1, 0.15) is 5.56 Å². The topological polar surface area (TPSA) is 54.0 Å². The molecule has 0 aromatic heterocycles. The Bertz CT molecular complexity index is 537. The number of rotatable bonds is 5. The number of hydrazine groups is 1. The van der Waals surface area contributed by atoms with Gasteiger partial charge in [0.1, 0.15) is 0 Å². The van der Waals surface area contributed by atoms with Crippen molar-refractivity contribution in [2.24, 2.45) is 0 Å². The Balaban J connectivity index is 1.92. The zero-order chi connectivity index (χ0) is 15.9. The predicted molar refractivity (Wildman–Crippen MR) is 85.8 cm³/mol. The molecule has 0 atom stereocenters. The third kappa shape index (κ3) is 4.47. The van der Waals surface area contributed by atoms with E-state index in [1.54, 1.807) is 20.3 Å². The van der Waals surface area contributed by atoms with Crippen LogP contribution in [0.25, 0.3) is 6.08 Å². The van der Waals surface area contributed by atoms with Gasteiger partial charge in [0.15, 0.2) is 11.5 Å². The van der Waals surface area contributed by atoms with Crippen LogP contribution >= 0.6 is 0 Å². The Morgan fingerprint density at radius 1 is 1.14 bits per heavy atom. The number of carbonyl (C=O) groups is 1. The van der Waals surface area contributed by atoms with Crippen LogP contribution in [-0.4, -0.2) is 63.3 Å². The molecule has 1 aromatic rings. The van der Waals surface area contributed by atoms with E-state index in [1.165, 1.54) is 6.08 Å². The molecule has 120 valence electrons. The minimum Gasteiger partial charge on any atom is -0.493 e. The molecule has 22 heavy (non-hydrogen) atoms. The van der Waals surface area contributed by atoms with Crippen LogP contribution in [0.5, 0.6) is 11.5 Å². The lowest BCUT2D eigenvalue weighted by atomic mass is 10.2. The quantitative estimate of drug-likeness (QED) is 0.823. The number of likely N-dealkylation sites (N-methyl/N-ethyl adjacent to an activating group) is 1. The SMILES string of the molecule is COc1ccc(/C=C/C(=O)NN2CCN(C)CC2)cc1OC. The second kappa shape index (κ2) is 7.82. The summed E-state index contributed by atoms with van der Waals surface area (Å²) in [7, 11) is 5.26. The highest BCUT2D eigenvalue weighted by atomic mass is 16.5. The van der Waals surface area contributed by atoms with E-state index in [2.05, 4.69) is 17.4 Å². The number of nitrogens with one attached hydrogen (secondary N) is 1. The highest BCUT2D eigenvalue weighted by Crippen LogP contribution is 2.27. The molecule has 1 N–H and O–H groups in total. The molecule has 0 spiro atoms. The summed E-state index contributed by atoms with van der Waals surface area (Å²) in [5.41, 5.74) is 3.77. The van der Waals surface area contributed by atoms with E-state index in [1.807, 2.05) is 23.2 Å². The molecule has 0 bridgehead atoms. The van der Waals surface area contributed by atoms with Gasteiger partial charge in [0.25, 0.3) is 5.91 Å². The van der Waals surface area contributed by atoms with Gasteiger partial charge in [-0.05, 0) is 30.8 Å². The molecule has 2 rings (SSSR count). The van der Waals surface area contributed by atoms with Crippen LogP contribution in [0.2, 0.25) is 0 Å². The molecule has 1 aromatic carbocycles. The van der Waals surface area contributed by atoms with Crippen molar-refractivity contribution >= 4 is 12.0 Å². The minimum atomic E-state index is -0.126. The summed E-state index contributed by atoms with van der Waals surface area (Å²) in [6.07, 6.45) is 3.28. The van der Waals surface area contributed by atoms with Gasteiger partial charge in [-0.3, -0.25) is 10.2 Å². The Kier molecular flexibility index (Phi) is 5.80. The Hall–Kier alpha value is -2.05. The van der Waals surface area contributed by atoms with Gasteiger partial charge in [-0.2, -0.15) is 0 Å². The summed E-state index contributed by atoms with van der Waals surface area (Å²) in [5, 5.41) is 1.95. The van der Waals surface area contributed by atoms with Crippen molar-refractivity contribution in [3.8, 4) is 11.5 Å². The summed E-state index contributed by atoms with van der Waals surface area (Å²) in [6.45, 7) is 3.60. The van der Waals surface area contributed by atoms with Crippen LogP contribution in [0, 0.1) is 0 Å². The zero-order valence-electron chi connectivity index (χ0n) is 13.3. The fraction of sp³-hybridized carbons (Fsp3) is 0.438. The number of piperazine rings is 1. The van der Waals surface area contributed by atoms with Crippen molar-refractivity contribution in [1.29, 1.82) is 0 Å². The lowest BCUT2D eigenvalue weighted by molar-refractivity contribution is -0.121. The maximum Gasteiger partial charge on any atom is 0.258 e. The molecule has 1 aliphatic heterocycles.